The number of amides is 1. The minimum Gasteiger partial charge on any atom is -0.493 e. The van der Waals surface area contributed by atoms with Crippen molar-refractivity contribution in [3.63, 3.8) is 0 Å². The van der Waals surface area contributed by atoms with E-state index < -0.39 is 6.04 Å². The van der Waals surface area contributed by atoms with E-state index in [-0.39, 0.29) is 5.91 Å². The van der Waals surface area contributed by atoms with Crippen LogP contribution in [0.2, 0.25) is 0 Å². The Kier molecular flexibility index (Phi) is 8.46. The second kappa shape index (κ2) is 12.2. The fraction of sp³-hybridized carbons (Fsp3) is 0.233. The molecule has 40 heavy (non-hydrogen) atoms. The standard InChI is InChI=1S/C30H30BrN5O3S/c1-5-40-30-34-29-32-19(3)26(28(37)33-23-8-6-7-18(2)15-23)27(36(29)35-30)21-11-14-24(25(16-21)38-4)39-17-20-9-12-22(31)13-10-20/h6-16,27H,5,17H2,1-4H3,(H,33,37)(H,32,34,35). The van der Waals surface area contributed by atoms with E-state index in [0.717, 1.165) is 32.6 Å². The number of methoxy groups -OCH3 is 1. The van der Waals surface area contributed by atoms with Gasteiger partial charge in [0.25, 0.3) is 5.91 Å². The number of anilines is 2. The van der Waals surface area contributed by atoms with E-state index in [1.165, 1.54) is 0 Å². The molecular weight excluding hydrogens is 590 g/mol. The third-order valence-corrected chi connectivity index (χ3v) is 7.69. The molecule has 3 aromatic carbocycles. The molecular formula is C30H30BrN5O3S. The molecule has 0 spiro atoms. The van der Waals surface area contributed by atoms with Gasteiger partial charge >= 0.3 is 0 Å². The third kappa shape index (κ3) is 6.03. The molecule has 1 aliphatic heterocycles. The van der Waals surface area contributed by atoms with Gasteiger partial charge in [0.15, 0.2) is 11.5 Å². The first-order valence-electron chi connectivity index (χ1n) is 12.9. The quantitative estimate of drug-likeness (QED) is 0.195. The molecule has 1 unspecified atom stereocenters. The first-order valence-corrected chi connectivity index (χ1v) is 14.6. The van der Waals surface area contributed by atoms with Crippen molar-refractivity contribution in [3.05, 3.63) is 99.2 Å². The van der Waals surface area contributed by atoms with E-state index in [0.29, 0.717) is 40.5 Å². The zero-order valence-electron chi connectivity index (χ0n) is 22.7. The molecule has 0 bridgehead atoms. The van der Waals surface area contributed by atoms with E-state index in [1.807, 2.05) is 80.6 Å². The van der Waals surface area contributed by atoms with Crippen LogP contribution in [0.1, 0.15) is 36.6 Å². The third-order valence-electron chi connectivity index (χ3n) is 6.44. The number of fused-ring (bicyclic) bond motifs is 1. The topological polar surface area (TPSA) is 90.3 Å². The number of benzene rings is 3. The molecule has 0 saturated carbocycles. The highest BCUT2D eigenvalue weighted by atomic mass is 79.9. The summed E-state index contributed by atoms with van der Waals surface area (Å²) in [5, 5.41) is 11.8. The Hall–Kier alpha value is -3.76. The summed E-state index contributed by atoms with van der Waals surface area (Å²) in [6, 6.07) is 20.9. The molecule has 1 amide bonds. The number of rotatable bonds is 9. The zero-order valence-corrected chi connectivity index (χ0v) is 25.1. The number of carbonyl (C=O) groups is 1. The van der Waals surface area contributed by atoms with Crippen molar-refractivity contribution in [2.24, 2.45) is 0 Å². The normalized spacial score (nSPS) is 14.4. The van der Waals surface area contributed by atoms with Crippen LogP contribution in [0.15, 0.2) is 87.6 Å². The fourth-order valence-corrected chi connectivity index (χ4v) is 5.38. The molecule has 206 valence electrons. The molecule has 0 aliphatic carbocycles. The number of hydrogen-bond donors (Lipinski definition) is 2. The summed E-state index contributed by atoms with van der Waals surface area (Å²) < 4.78 is 14.6. The van der Waals surface area contributed by atoms with Gasteiger partial charge in [0.1, 0.15) is 12.6 Å². The summed E-state index contributed by atoms with van der Waals surface area (Å²) in [7, 11) is 1.61. The second-order valence-corrected chi connectivity index (χ2v) is 11.5. The smallest absolute Gasteiger partial charge is 0.255 e. The molecule has 2 N–H and O–H groups in total. The first kappa shape index (κ1) is 27.8. The van der Waals surface area contributed by atoms with Crippen LogP contribution in [0.25, 0.3) is 0 Å². The van der Waals surface area contributed by atoms with Crippen molar-refractivity contribution < 1.29 is 14.3 Å². The summed E-state index contributed by atoms with van der Waals surface area (Å²) in [5.41, 5.74) is 4.89. The van der Waals surface area contributed by atoms with Gasteiger partial charge in [0.05, 0.1) is 12.7 Å². The number of allylic oxidation sites excluding steroid dienone is 1. The predicted octanol–water partition coefficient (Wildman–Crippen LogP) is 6.98. The Bertz CT molecular complexity index is 1570. The Labute approximate surface area is 246 Å². The van der Waals surface area contributed by atoms with E-state index in [4.69, 9.17) is 14.6 Å². The number of nitrogens with zero attached hydrogens (tertiary/aromatic N) is 3. The van der Waals surface area contributed by atoms with E-state index >= 15 is 0 Å². The SMILES string of the molecule is CCSc1nc2n(n1)C(c1ccc(OCc3ccc(Br)cc3)c(OC)c1)C(C(=O)Nc1cccc(C)c1)=C(C)N2. The molecule has 4 aromatic rings. The Morgan fingerprint density at radius 3 is 2.62 bits per heavy atom. The van der Waals surface area contributed by atoms with E-state index in [9.17, 15) is 4.79 Å². The Morgan fingerprint density at radius 2 is 1.90 bits per heavy atom. The van der Waals surface area contributed by atoms with Gasteiger partial charge in [-0.25, -0.2) is 4.68 Å². The van der Waals surface area contributed by atoms with Crippen molar-refractivity contribution >= 4 is 45.2 Å². The zero-order chi connectivity index (χ0) is 28.2. The molecule has 2 heterocycles. The van der Waals surface area contributed by atoms with E-state index in [1.54, 1.807) is 23.6 Å². The van der Waals surface area contributed by atoms with Gasteiger partial charge in [-0.3, -0.25) is 4.79 Å². The maximum atomic E-state index is 13.8. The predicted molar refractivity (Wildman–Crippen MR) is 162 cm³/mol. The largest absolute Gasteiger partial charge is 0.493 e. The summed E-state index contributed by atoms with van der Waals surface area (Å²) in [4.78, 5) is 18.4. The summed E-state index contributed by atoms with van der Waals surface area (Å²) >= 11 is 5.01. The van der Waals surface area contributed by atoms with Crippen molar-refractivity contribution in [2.45, 2.75) is 38.6 Å². The lowest BCUT2D eigenvalue weighted by molar-refractivity contribution is -0.113. The highest BCUT2D eigenvalue weighted by molar-refractivity contribution is 9.10. The van der Waals surface area contributed by atoms with Crippen LogP contribution in [0.5, 0.6) is 11.5 Å². The van der Waals surface area contributed by atoms with Crippen LogP contribution in [-0.2, 0) is 11.4 Å². The molecule has 0 radical (unpaired) electrons. The molecule has 8 nitrogen and oxygen atoms in total. The maximum Gasteiger partial charge on any atom is 0.255 e. The summed E-state index contributed by atoms with van der Waals surface area (Å²) in [6.45, 7) is 6.32. The van der Waals surface area contributed by atoms with Crippen LogP contribution in [0, 0.1) is 6.92 Å². The van der Waals surface area contributed by atoms with Gasteiger partial charge in [0, 0.05) is 15.9 Å². The van der Waals surface area contributed by atoms with Gasteiger partial charge in [0.2, 0.25) is 11.1 Å². The number of aromatic nitrogens is 3. The monoisotopic (exact) mass is 619 g/mol. The van der Waals surface area contributed by atoms with Gasteiger partial charge in [-0.2, -0.15) is 4.98 Å². The molecule has 0 saturated heterocycles. The average Bonchev–Trinajstić information content (AvgIpc) is 3.34. The van der Waals surface area contributed by atoms with Gasteiger partial charge in [-0.05, 0) is 72.7 Å². The number of hydrogen-bond acceptors (Lipinski definition) is 7. The number of nitrogens with one attached hydrogen (secondary N) is 2. The lowest BCUT2D eigenvalue weighted by Crippen LogP contribution is -2.31. The van der Waals surface area contributed by atoms with Gasteiger partial charge < -0.3 is 20.1 Å². The molecule has 5 rings (SSSR count). The summed E-state index contributed by atoms with van der Waals surface area (Å²) in [6.07, 6.45) is 0. The van der Waals surface area contributed by atoms with Crippen LogP contribution < -0.4 is 20.1 Å². The number of ether oxygens (including phenoxy) is 2. The summed E-state index contributed by atoms with van der Waals surface area (Å²) in [5.74, 6) is 2.37. The molecule has 10 heteroatoms. The molecule has 1 atom stereocenters. The molecule has 0 fully saturated rings. The van der Waals surface area contributed by atoms with Crippen LogP contribution in [0.4, 0.5) is 11.6 Å². The second-order valence-electron chi connectivity index (χ2n) is 9.31. The van der Waals surface area contributed by atoms with Crippen molar-refractivity contribution in [1.29, 1.82) is 0 Å². The minimum absolute atomic E-state index is 0.221. The lowest BCUT2D eigenvalue weighted by Gasteiger charge is -2.29. The van der Waals surface area contributed by atoms with Crippen LogP contribution in [-0.4, -0.2) is 33.5 Å². The first-order chi connectivity index (χ1) is 19.4. The fourth-order valence-electron chi connectivity index (χ4n) is 4.56. The lowest BCUT2D eigenvalue weighted by atomic mass is 9.94. The number of aryl methyl sites for hydroxylation is 1. The minimum atomic E-state index is -0.533. The van der Waals surface area contributed by atoms with E-state index in [2.05, 4.69) is 38.5 Å². The molecule has 1 aliphatic rings. The average molecular weight is 621 g/mol. The van der Waals surface area contributed by atoms with Crippen LogP contribution >= 0.6 is 27.7 Å². The van der Waals surface area contributed by atoms with Crippen LogP contribution in [0.3, 0.4) is 0 Å². The van der Waals surface area contributed by atoms with Gasteiger partial charge in [-0.15, -0.1) is 5.10 Å². The Balaban J connectivity index is 1.51. The highest BCUT2D eigenvalue weighted by Crippen LogP contribution is 2.40. The number of thioether (sulfide) groups is 1. The van der Waals surface area contributed by atoms with Crippen molar-refractivity contribution in [1.82, 2.24) is 14.8 Å². The van der Waals surface area contributed by atoms with Gasteiger partial charge in [-0.1, -0.05) is 64.9 Å². The van der Waals surface area contributed by atoms with Crippen molar-refractivity contribution in [3.8, 4) is 11.5 Å². The maximum absolute atomic E-state index is 13.8. The number of carbonyl (C=O) groups excluding carboxylic acids is 1. The Morgan fingerprint density at radius 1 is 1.10 bits per heavy atom. The highest BCUT2D eigenvalue weighted by Gasteiger charge is 2.35. The number of halogens is 1. The van der Waals surface area contributed by atoms with Crippen molar-refractivity contribution in [2.75, 3.05) is 23.5 Å². The molecule has 1 aromatic heterocycles.